The average Bonchev–Trinajstić information content (AvgIpc) is 2.83. The molecule has 0 saturated carbocycles. The Labute approximate surface area is 165 Å². The van der Waals surface area contributed by atoms with Crippen molar-refractivity contribution in [2.24, 2.45) is 0 Å². The van der Waals surface area contributed by atoms with Gasteiger partial charge in [-0.2, -0.15) is 13.2 Å². The largest absolute Gasteiger partial charge is 0.468 e. The zero-order valence-electron chi connectivity index (χ0n) is 15.9. The summed E-state index contributed by atoms with van der Waals surface area (Å²) in [6.07, 6.45) is -3.74. The van der Waals surface area contributed by atoms with E-state index in [4.69, 9.17) is 4.74 Å². The quantitative estimate of drug-likeness (QED) is 0.770. The highest BCUT2D eigenvalue weighted by molar-refractivity contribution is 6.05. The van der Waals surface area contributed by atoms with Crippen LogP contribution in [0.4, 0.5) is 24.5 Å². The summed E-state index contributed by atoms with van der Waals surface area (Å²) in [6, 6.07) is 2.91. The molecule has 0 aromatic heterocycles. The summed E-state index contributed by atoms with van der Waals surface area (Å²) in [4.78, 5) is 39.3. The highest BCUT2D eigenvalue weighted by Crippen LogP contribution is 2.38. The summed E-state index contributed by atoms with van der Waals surface area (Å²) in [5.74, 6) is -2.16. The first-order chi connectivity index (χ1) is 13.7. The molecule has 0 bridgehead atoms. The molecule has 1 aromatic rings. The number of alkyl halides is 3. The van der Waals surface area contributed by atoms with Gasteiger partial charge in [0, 0.05) is 0 Å². The first kappa shape index (κ1) is 21.1. The second kappa shape index (κ2) is 8.40. The van der Waals surface area contributed by atoms with E-state index in [1.165, 1.54) is 25.3 Å². The third-order valence-corrected chi connectivity index (χ3v) is 5.20. The number of likely N-dealkylation sites (tertiary alicyclic amines) is 1. The van der Waals surface area contributed by atoms with Crippen molar-refractivity contribution in [2.45, 2.75) is 43.9 Å². The molecule has 0 aliphatic carbocycles. The van der Waals surface area contributed by atoms with Crippen LogP contribution >= 0.6 is 0 Å². The molecule has 0 radical (unpaired) electrons. The van der Waals surface area contributed by atoms with E-state index < -0.39 is 42.5 Å². The smallest absolute Gasteiger partial charge is 0.409 e. The average molecular weight is 413 g/mol. The summed E-state index contributed by atoms with van der Waals surface area (Å²) >= 11 is 0. The Morgan fingerprint density at radius 1 is 1.24 bits per heavy atom. The number of hydrogen-bond donors (Lipinski definition) is 1. The minimum Gasteiger partial charge on any atom is -0.468 e. The van der Waals surface area contributed by atoms with Gasteiger partial charge >= 0.3 is 12.1 Å². The number of anilines is 2. The van der Waals surface area contributed by atoms with Gasteiger partial charge in [-0.15, -0.1) is 0 Å². The predicted octanol–water partition coefficient (Wildman–Crippen LogP) is 2.32. The van der Waals surface area contributed by atoms with Crippen LogP contribution in [-0.4, -0.2) is 61.1 Å². The van der Waals surface area contributed by atoms with Crippen LogP contribution in [0.1, 0.15) is 25.7 Å². The Bertz CT molecular complexity index is 799. The van der Waals surface area contributed by atoms with Gasteiger partial charge in [-0.1, -0.05) is 18.6 Å². The molecule has 7 nitrogen and oxygen atoms in total. The molecule has 1 saturated heterocycles. The number of carbonyl (C=O) groups is 3. The van der Waals surface area contributed by atoms with E-state index in [0.29, 0.717) is 17.9 Å². The number of amides is 2. The zero-order valence-corrected chi connectivity index (χ0v) is 15.9. The fourth-order valence-electron chi connectivity index (χ4n) is 3.83. The maximum atomic E-state index is 13.8. The molecule has 10 heteroatoms. The van der Waals surface area contributed by atoms with Crippen LogP contribution in [0.5, 0.6) is 0 Å². The van der Waals surface area contributed by atoms with E-state index in [1.54, 1.807) is 11.0 Å². The van der Waals surface area contributed by atoms with Gasteiger partial charge in [0.2, 0.25) is 11.8 Å². The SMILES string of the molecule is COC(=O)[C@H]1CCCCN1CC(=O)N1c2ccccc2NC(=O)C[C@@H]1C(F)(F)F. The monoisotopic (exact) mass is 413 g/mol. The van der Waals surface area contributed by atoms with E-state index in [-0.39, 0.29) is 17.9 Å². The maximum absolute atomic E-state index is 13.8. The van der Waals surface area contributed by atoms with Gasteiger partial charge in [-0.3, -0.25) is 24.2 Å². The molecule has 2 heterocycles. The van der Waals surface area contributed by atoms with Gasteiger partial charge in [0.25, 0.3) is 0 Å². The van der Waals surface area contributed by atoms with Crippen LogP contribution in [0.25, 0.3) is 0 Å². The van der Waals surface area contributed by atoms with Gasteiger partial charge in [-0.25, -0.2) is 0 Å². The lowest BCUT2D eigenvalue weighted by Gasteiger charge is -2.37. The van der Waals surface area contributed by atoms with E-state index in [0.717, 1.165) is 12.8 Å². The second-order valence-electron chi connectivity index (χ2n) is 7.10. The molecule has 2 aliphatic rings. The third kappa shape index (κ3) is 4.52. The first-order valence-electron chi connectivity index (χ1n) is 9.32. The van der Waals surface area contributed by atoms with Crippen molar-refractivity contribution in [3.8, 4) is 0 Å². The maximum Gasteiger partial charge on any atom is 0.409 e. The van der Waals surface area contributed by atoms with Crippen LogP contribution in [0.2, 0.25) is 0 Å². The van der Waals surface area contributed by atoms with Crippen molar-refractivity contribution in [3.05, 3.63) is 24.3 Å². The molecule has 0 spiro atoms. The minimum atomic E-state index is -4.80. The molecule has 0 unspecified atom stereocenters. The van der Waals surface area contributed by atoms with Crippen molar-refractivity contribution in [2.75, 3.05) is 30.4 Å². The summed E-state index contributed by atoms with van der Waals surface area (Å²) in [6.45, 7) is 0.0176. The molecule has 29 heavy (non-hydrogen) atoms. The Kier molecular flexibility index (Phi) is 6.11. The zero-order chi connectivity index (χ0) is 21.2. The standard InChI is InChI=1S/C19H22F3N3O4/c1-29-18(28)14-8-4-5-9-24(14)11-17(27)25-13-7-3-2-6-12(13)23-16(26)10-15(25)19(20,21)22/h2-3,6-7,14-15H,4-5,8-11H2,1H3,(H,23,26)/t14-,15-/m1/s1. The lowest BCUT2D eigenvalue weighted by molar-refractivity contribution is -0.158. The number of esters is 1. The van der Waals surface area contributed by atoms with Gasteiger partial charge < -0.3 is 10.1 Å². The van der Waals surface area contributed by atoms with E-state index in [9.17, 15) is 27.6 Å². The van der Waals surface area contributed by atoms with E-state index >= 15 is 0 Å². The Morgan fingerprint density at radius 3 is 2.66 bits per heavy atom. The van der Waals surface area contributed by atoms with Crippen molar-refractivity contribution in [1.82, 2.24) is 4.90 Å². The molecule has 2 atom stereocenters. The molecule has 3 rings (SSSR count). The van der Waals surface area contributed by atoms with Crippen LogP contribution < -0.4 is 10.2 Å². The summed E-state index contributed by atoms with van der Waals surface area (Å²) in [5, 5.41) is 2.43. The summed E-state index contributed by atoms with van der Waals surface area (Å²) in [5.41, 5.74) is 0.123. The number of fused-ring (bicyclic) bond motifs is 1. The molecule has 2 aliphatic heterocycles. The summed E-state index contributed by atoms with van der Waals surface area (Å²) in [7, 11) is 1.24. The van der Waals surface area contributed by atoms with Crippen LogP contribution in [0.15, 0.2) is 24.3 Å². The van der Waals surface area contributed by atoms with Crippen molar-refractivity contribution < 1.29 is 32.3 Å². The topological polar surface area (TPSA) is 79.0 Å². The normalized spacial score (nSPS) is 23.0. The number of methoxy groups -OCH3 is 1. The molecule has 1 N–H and O–H groups in total. The number of benzene rings is 1. The summed E-state index contributed by atoms with van der Waals surface area (Å²) < 4.78 is 46.1. The fourth-order valence-corrected chi connectivity index (χ4v) is 3.83. The van der Waals surface area contributed by atoms with Gasteiger partial charge in [0.1, 0.15) is 12.1 Å². The number of nitrogens with zero attached hydrogens (tertiary/aromatic N) is 2. The number of carbonyl (C=O) groups excluding carboxylic acids is 3. The number of rotatable bonds is 3. The van der Waals surface area contributed by atoms with Gasteiger partial charge in [0.05, 0.1) is 31.5 Å². The number of nitrogens with one attached hydrogen (secondary N) is 1. The van der Waals surface area contributed by atoms with Crippen molar-refractivity contribution in [1.29, 1.82) is 0 Å². The third-order valence-electron chi connectivity index (χ3n) is 5.20. The number of halogens is 3. The van der Waals surface area contributed by atoms with Crippen molar-refractivity contribution in [3.63, 3.8) is 0 Å². The van der Waals surface area contributed by atoms with Crippen LogP contribution in [0, 0.1) is 0 Å². The lowest BCUT2D eigenvalue weighted by atomic mass is 10.0. The van der Waals surface area contributed by atoms with E-state index in [1.807, 2.05) is 0 Å². The Morgan fingerprint density at radius 2 is 1.97 bits per heavy atom. The second-order valence-corrected chi connectivity index (χ2v) is 7.10. The molecule has 1 aromatic carbocycles. The van der Waals surface area contributed by atoms with Crippen LogP contribution in [0.3, 0.4) is 0 Å². The molecular formula is C19H22F3N3O4. The molecule has 158 valence electrons. The molecule has 1 fully saturated rings. The molecular weight excluding hydrogens is 391 g/mol. The van der Waals surface area contributed by atoms with Gasteiger partial charge in [-0.05, 0) is 31.5 Å². The molecule has 2 amide bonds. The van der Waals surface area contributed by atoms with E-state index in [2.05, 4.69) is 5.32 Å². The first-order valence-corrected chi connectivity index (χ1v) is 9.32. The number of para-hydroxylation sites is 2. The van der Waals surface area contributed by atoms with Gasteiger partial charge in [0.15, 0.2) is 0 Å². The predicted molar refractivity (Wildman–Crippen MR) is 98.2 cm³/mol. The Hall–Kier alpha value is -2.62. The highest BCUT2D eigenvalue weighted by atomic mass is 19.4. The number of hydrogen-bond acceptors (Lipinski definition) is 5. The Balaban J connectivity index is 1.95. The van der Waals surface area contributed by atoms with Crippen LogP contribution in [-0.2, 0) is 19.1 Å². The fraction of sp³-hybridized carbons (Fsp3) is 0.526. The highest BCUT2D eigenvalue weighted by Gasteiger charge is 2.49. The lowest BCUT2D eigenvalue weighted by Crippen LogP contribution is -2.55. The number of ether oxygens (including phenoxy) is 1. The number of piperidine rings is 1. The minimum absolute atomic E-state index is 0.0164. The van der Waals surface area contributed by atoms with Crippen molar-refractivity contribution >= 4 is 29.2 Å².